The SMILES string of the molecule is c1ccc(COCc2nc3c(s2)CCCC3)cc1. The number of aromatic nitrogens is 1. The van der Waals surface area contributed by atoms with Crippen LogP contribution < -0.4 is 0 Å². The molecule has 1 aliphatic rings. The van der Waals surface area contributed by atoms with E-state index in [0.717, 1.165) is 11.4 Å². The van der Waals surface area contributed by atoms with Gasteiger partial charge in [0, 0.05) is 4.88 Å². The molecule has 94 valence electrons. The maximum absolute atomic E-state index is 5.73. The van der Waals surface area contributed by atoms with E-state index in [2.05, 4.69) is 17.1 Å². The molecule has 0 fully saturated rings. The molecular weight excluding hydrogens is 242 g/mol. The van der Waals surface area contributed by atoms with Gasteiger partial charge in [0.2, 0.25) is 0 Å². The van der Waals surface area contributed by atoms with E-state index >= 15 is 0 Å². The van der Waals surface area contributed by atoms with Gasteiger partial charge in [0.15, 0.2) is 0 Å². The summed E-state index contributed by atoms with van der Waals surface area (Å²) < 4.78 is 5.73. The van der Waals surface area contributed by atoms with Crippen LogP contribution in [0.3, 0.4) is 0 Å². The minimum absolute atomic E-state index is 0.645. The third kappa shape index (κ3) is 2.79. The second-order valence-corrected chi connectivity index (χ2v) is 5.83. The number of hydrogen-bond donors (Lipinski definition) is 0. The quantitative estimate of drug-likeness (QED) is 0.834. The molecule has 1 aromatic heterocycles. The van der Waals surface area contributed by atoms with Crippen LogP contribution in [0.4, 0.5) is 0 Å². The van der Waals surface area contributed by atoms with Crippen molar-refractivity contribution >= 4 is 11.3 Å². The number of thiazole rings is 1. The average Bonchev–Trinajstić information content (AvgIpc) is 2.82. The molecule has 3 heteroatoms. The second-order valence-electron chi connectivity index (χ2n) is 4.66. The van der Waals surface area contributed by atoms with Gasteiger partial charge >= 0.3 is 0 Å². The van der Waals surface area contributed by atoms with Crippen molar-refractivity contribution in [2.24, 2.45) is 0 Å². The number of hydrogen-bond acceptors (Lipinski definition) is 3. The summed E-state index contributed by atoms with van der Waals surface area (Å²) in [5.74, 6) is 0. The van der Waals surface area contributed by atoms with Crippen LogP contribution in [0.1, 0.15) is 34.0 Å². The van der Waals surface area contributed by atoms with Crippen LogP contribution >= 0.6 is 11.3 Å². The lowest BCUT2D eigenvalue weighted by atomic mass is 10.0. The summed E-state index contributed by atoms with van der Waals surface area (Å²) in [6, 6.07) is 10.3. The van der Waals surface area contributed by atoms with E-state index < -0.39 is 0 Å². The van der Waals surface area contributed by atoms with Crippen molar-refractivity contribution in [3.63, 3.8) is 0 Å². The van der Waals surface area contributed by atoms with Gasteiger partial charge in [-0.05, 0) is 31.2 Å². The number of fused-ring (bicyclic) bond motifs is 1. The zero-order chi connectivity index (χ0) is 12.2. The highest BCUT2D eigenvalue weighted by molar-refractivity contribution is 7.11. The topological polar surface area (TPSA) is 22.1 Å². The van der Waals surface area contributed by atoms with Gasteiger partial charge in [-0.1, -0.05) is 30.3 Å². The fourth-order valence-electron chi connectivity index (χ4n) is 2.30. The van der Waals surface area contributed by atoms with Gasteiger partial charge in [0.25, 0.3) is 0 Å². The molecule has 2 aromatic rings. The summed E-state index contributed by atoms with van der Waals surface area (Å²) >= 11 is 1.83. The normalized spacial score (nSPS) is 14.4. The Hall–Kier alpha value is -1.19. The summed E-state index contributed by atoms with van der Waals surface area (Å²) in [6.07, 6.45) is 4.98. The summed E-state index contributed by atoms with van der Waals surface area (Å²) in [5, 5.41) is 1.14. The fraction of sp³-hybridized carbons (Fsp3) is 0.400. The molecule has 0 amide bonds. The number of rotatable bonds is 4. The summed E-state index contributed by atoms with van der Waals surface area (Å²) in [6.45, 7) is 1.32. The van der Waals surface area contributed by atoms with Crippen LogP contribution in [-0.2, 0) is 30.8 Å². The van der Waals surface area contributed by atoms with E-state index in [0.29, 0.717) is 13.2 Å². The van der Waals surface area contributed by atoms with E-state index in [1.54, 1.807) is 0 Å². The molecule has 0 N–H and O–H groups in total. The third-order valence-corrected chi connectivity index (χ3v) is 4.36. The minimum atomic E-state index is 0.645. The van der Waals surface area contributed by atoms with Gasteiger partial charge in [-0.2, -0.15) is 0 Å². The number of aryl methyl sites for hydroxylation is 2. The maximum Gasteiger partial charge on any atom is 0.119 e. The van der Waals surface area contributed by atoms with Crippen LogP contribution in [0.2, 0.25) is 0 Å². The summed E-state index contributed by atoms with van der Waals surface area (Å²) in [7, 11) is 0. The first-order valence-corrected chi connectivity index (χ1v) is 7.32. The number of benzene rings is 1. The zero-order valence-corrected chi connectivity index (χ0v) is 11.2. The zero-order valence-electron chi connectivity index (χ0n) is 10.4. The van der Waals surface area contributed by atoms with Crippen LogP contribution in [0.25, 0.3) is 0 Å². The third-order valence-electron chi connectivity index (χ3n) is 3.23. The number of ether oxygens (including phenoxy) is 1. The number of nitrogens with zero attached hydrogens (tertiary/aromatic N) is 1. The summed E-state index contributed by atoms with van der Waals surface area (Å²) in [4.78, 5) is 6.16. The molecule has 0 aliphatic heterocycles. The van der Waals surface area contributed by atoms with E-state index in [1.807, 2.05) is 29.5 Å². The first-order valence-electron chi connectivity index (χ1n) is 6.51. The Morgan fingerprint density at radius 3 is 2.72 bits per heavy atom. The predicted molar refractivity (Wildman–Crippen MR) is 73.7 cm³/mol. The van der Waals surface area contributed by atoms with E-state index in [-0.39, 0.29) is 0 Å². The Morgan fingerprint density at radius 2 is 1.89 bits per heavy atom. The predicted octanol–water partition coefficient (Wildman–Crippen LogP) is 3.74. The van der Waals surface area contributed by atoms with Gasteiger partial charge in [0.1, 0.15) is 5.01 Å². The largest absolute Gasteiger partial charge is 0.370 e. The first-order chi connectivity index (χ1) is 8.92. The van der Waals surface area contributed by atoms with E-state index in [1.165, 1.54) is 35.4 Å². The Kier molecular flexibility index (Phi) is 3.72. The van der Waals surface area contributed by atoms with Crippen molar-refractivity contribution in [2.45, 2.75) is 38.9 Å². The Labute approximate surface area is 112 Å². The Bertz CT molecular complexity index is 483. The molecule has 0 spiro atoms. The Balaban J connectivity index is 1.55. The van der Waals surface area contributed by atoms with Crippen molar-refractivity contribution in [2.75, 3.05) is 0 Å². The standard InChI is InChI=1S/C15H17NOS/c1-2-6-12(7-3-1)10-17-11-15-16-13-8-4-5-9-14(13)18-15/h1-3,6-7H,4-5,8-11H2. The minimum Gasteiger partial charge on any atom is -0.370 e. The van der Waals surface area contributed by atoms with Gasteiger partial charge in [-0.15, -0.1) is 11.3 Å². The molecule has 1 heterocycles. The molecule has 3 rings (SSSR count). The van der Waals surface area contributed by atoms with Gasteiger partial charge < -0.3 is 4.74 Å². The van der Waals surface area contributed by atoms with Crippen molar-refractivity contribution in [3.8, 4) is 0 Å². The van der Waals surface area contributed by atoms with Crippen molar-refractivity contribution in [1.29, 1.82) is 0 Å². The molecule has 0 saturated carbocycles. The van der Waals surface area contributed by atoms with Crippen LogP contribution in [-0.4, -0.2) is 4.98 Å². The first kappa shape index (κ1) is 11.9. The lowest BCUT2D eigenvalue weighted by Crippen LogP contribution is -1.99. The molecule has 18 heavy (non-hydrogen) atoms. The van der Waals surface area contributed by atoms with Gasteiger partial charge in [-0.25, -0.2) is 4.98 Å². The molecule has 0 saturated heterocycles. The second kappa shape index (κ2) is 5.63. The van der Waals surface area contributed by atoms with Crippen molar-refractivity contribution < 1.29 is 4.74 Å². The monoisotopic (exact) mass is 259 g/mol. The highest BCUT2D eigenvalue weighted by Gasteiger charge is 2.14. The maximum atomic E-state index is 5.73. The van der Waals surface area contributed by atoms with E-state index in [9.17, 15) is 0 Å². The van der Waals surface area contributed by atoms with Crippen LogP contribution in [0, 0.1) is 0 Å². The smallest absolute Gasteiger partial charge is 0.119 e. The molecule has 1 aliphatic carbocycles. The highest BCUT2D eigenvalue weighted by atomic mass is 32.1. The lowest BCUT2D eigenvalue weighted by molar-refractivity contribution is 0.107. The molecule has 0 unspecified atom stereocenters. The molecule has 0 atom stereocenters. The molecule has 0 bridgehead atoms. The molecule has 2 nitrogen and oxygen atoms in total. The van der Waals surface area contributed by atoms with E-state index in [4.69, 9.17) is 4.74 Å². The van der Waals surface area contributed by atoms with Crippen LogP contribution in [0.15, 0.2) is 30.3 Å². The van der Waals surface area contributed by atoms with Gasteiger partial charge in [-0.3, -0.25) is 0 Å². The molecular formula is C15H17NOS. The molecule has 0 radical (unpaired) electrons. The fourth-order valence-corrected chi connectivity index (χ4v) is 3.39. The van der Waals surface area contributed by atoms with Crippen LogP contribution in [0.5, 0.6) is 0 Å². The highest BCUT2D eigenvalue weighted by Crippen LogP contribution is 2.27. The van der Waals surface area contributed by atoms with Crippen molar-refractivity contribution in [3.05, 3.63) is 51.5 Å². The summed E-state index contributed by atoms with van der Waals surface area (Å²) in [5.41, 5.74) is 2.54. The van der Waals surface area contributed by atoms with Gasteiger partial charge in [0.05, 0.1) is 18.9 Å². The average molecular weight is 259 g/mol. The lowest BCUT2D eigenvalue weighted by Gasteiger charge is -2.06. The molecule has 1 aromatic carbocycles. The van der Waals surface area contributed by atoms with Crippen molar-refractivity contribution in [1.82, 2.24) is 4.98 Å². The Morgan fingerprint density at radius 1 is 1.06 bits per heavy atom.